The molecule has 1 unspecified atom stereocenters. The Hall–Kier alpha value is -0.390. The van der Waals surface area contributed by atoms with Crippen LogP contribution in [-0.4, -0.2) is 47.4 Å². The number of amides is 4. The number of hydrogen-bond donors (Lipinski definition) is 2. The van der Waals surface area contributed by atoms with Gasteiger partial charge >= 0.3 is 6.03 Å². The fourth-order valence-electron chi connectivity index (χ4n) is 2.79. The van der Waals surface area contributed by atoms with Crippen molar-refractivity contribution in [3.63, 3.8) is 0 Å². The molecule has 0 aromatic rings. The predicted molar refractivity (Wildman–Crippen MR) is 57.5 cm³/mol. The van der Waals surface area contributed by atoms with E-state index in [2.05, 4.69) is 10.6 Å². The first kappa shape index (κ1) is 13.7. The number of urea groups is 1. The second-order valence-electron chi connectivity index (χ2n) is 4.21. The molecule has 1 aliphatic heterocycles. The summed E-state index contributed by atoms with van der Waals surface area (Å²) in [5.74, 6) is -0.771. The SMILES string of the molecule is CCC1CCCC12C(=O)NC(=O)NC2=O.[Na]. The molecule has 1 saturated carbocycles. The van der Waals surface area contributed by atoms with E-state index >= 15 is 0 Å². The van der Waals surface area contributed by atoms with Crippen LogP contribution in [0.4, 0.5) is 4.79 Å². The van der Waals surface area contributed by atoms with Gasteiger partial charge in [0.1, 0.15) is 5.41 Å². The molecule has 2 fully saturated rings. The van der Waals surface area contributed by atoms with Crippen molar-refractivity contribution in [1.29, 1.82) is 0 Å². The smallest absolute Gasteiger partial charge is 0.277 e. The zero-order valence-electron chi connectivity index (χ0n) is 9.63. The third-order valence-corrected chi connectivity index (χ3v) is 3.58. The Morgan fingerprint density at radius 3 is 2.31 bits per heavy atom. The Bertz CT molecular complexity index is 323. The summed E-state index contributed by atoms with van der Waals surface area (Å²) in [6, 6.07) is -0.697. The van der Waals surface area contributed by atoms with Gasteiger partial charge in [0.15, 0.2) is 0 Å². The van der Waals surface area contributed by atoms with Crippen molar-refractivity contribution in [1.82, 2.24) is 10.6 Å². The summed E-state index contributed by atoms with van der Waals surface area (Å²) in [5, 5.41) is 4.39. The molecule has 2 N–H and O–H groups in total. The molecule has 0 aromatic heterocycles. The van der Waals surface area contributed by atoms with Crippen molar-refractivity contribution < 1.29 is 14.4 Å². The molecule has 1 radical (unpaired) electrons. The fourth-order valence-corrected chi connectivity index (χ4v) is 2.79. The van der Waals surface area contributed by atoms with Crippen LogP contribution in [0.5, 0.6) is 0 Å². The minimum atomic E-state index is -0.983. The normalized spacial score (nSPS) is 27.3. The number of carbonyl (C=O) groups is 3. The van der Waals surface area contributed by atoms with Gasteiger partial charge in [-0.1, -0.05) is 19.8 Å². The van der Waals surface area contributed by atoms with Gasteiger partial charge in [0.05, 0.1) is 0 Å². The van der Waals surface area contributed by atoms with Crippen molar-refractivity contribution in [2.75, 3.05) is 0 Å². The van der Waals surface area contributed by atoms with Crippen LogP contribution < -0.4 is 10.6 Å². The van der Waals surface area contributed by atoms with Crippen molar-refractivity contribution in [3.8, 4) is 0 Å². The van der Waals surface area contributed by atoms with Crippen molar-refractivity contribution in [3.05, 3.63) is 0 Å². The third-order valence-electron chi connectivity index (χ3n) is 3.58. The Morgan fingerprint density at radius 2 is 1.81 bits per heavy atom. The molecule has 1 aliphatic carbocycles. The van der Waals surface area contributed by atoms with E-state index in [-0.39, 0.29) is 35.5 Å². The number of rotatable bonds is 1. The number of hydrogen-bond acceptors (Lipinski definition) is 3. The molecule has 0 bridgehead atoms. The maximum absolute atomic E-state index is 11.8. The second kappa shape index (κ2) is 4.85. The van der Waals surface area contributed by atoms with Crippen molar-refractivity contribution in [2.45, 2.75) is 32.6 Å². The van der Waals surface area contributed by atoms with E-state index in [4.69, 9.17) is 0 Å². The van der Waals surface area contributed by atoms with Crippen LogP contribution in [0.3, 0.4) is 0 Å². The van der Waals surface area contributed by atoms with Crippen LogP contribution in [0.2, 0.25) is 0 Å². The Morgan fingerprint density at radius 1 is 1.25 bits per heavy atom. The molecule has 16 heavy (non-hydrogen) atoms. The summed E-state index contributed by atoms with van der Waals surface area (Å²) < 4.78 is 0. The van der Waals surface area contributed by atoms with Gasteiger partial charge in [-0.05, 0) is 18.8 Å². The number of nitrogens with one attached hydrogen (secondary N) is 2. The summed E-state index contributed by atoms with van der Waals surface area (Å²) in [4.78, 5) is 34.6. The maximum atomic E-state index is 11.8. The molecule has 2 rings (SSSR count). The molecule has 2 aliphatic rings. The summed E-state index contributed by atoms with van der Waals surface area (Å²) >= 11 is 0. The Labute approximate surface area is 116 Å². The molecule has 83 valence electrons. The first-order chi connectivity index (χ1) is 7.11. The average molecular weight is 233 g/mol. The third kappa shape index (κ3) is 1.81. The van der Waals surface area contributed by atoms with Crippen molar-refractivity contribution in [2.24, 2.45) is 11.3 Å². The van der Waals surface area contributed by atoms with Gasteiger partial charge in [0.2, 0.25) is 11.8 Å². The van der Waals surface area contributed by atoms with E-state index in [9.17, 15) is 14.4 Å². The molecule has 0 aromatic carbocycles. The van der Waals surface area contributed by atoms with Crippen molar-refractivity contribution >= 4 is 47.4 Å². The zero-order chi connectivity index (χ0) is 11.1. The molecular weight excluding hydrogens is 219 g/mol. The predicted octanol–water partition coefficient (Wildman–Crippen LogP) is 0.168. The molecule has 1 spiro atoms. The minimum Gasteiger partial charge on any atom is -0.277 e. The largest absolute Gasteiger partial charge is 0.328 e. The zero-order valence-corrected chi connectivity index (χ0v) is 11.6. The van der Waals surface area contributed by atoms with E-state index in [1.807, 2.05) is 6.92 Å². The summed E-state index contributed by atoms with van der Waals surface area (Å²) in [7, 11) is 0. The Kier molecular flexibility index (Phi) is 4.15. The fraction of sp³-hybridized carbons (Fsp3) is 0.700. The molecule has 1 heterocycles. The minimum absolute atomic E-state index is 0. The van der Waals surface area contributed by atoms with Crippen LogP contribution in [0, 0.1) is 11.3 Å². The molecule has 1 saturated heterocycles. The van der Waals surface area contributed by atoms with E-state index in [0.29, 0.717) is 6.42 Å². The summed E-state index contributed by atoms with van der Waals surface area (Å²) in [5.41, 5.74) is -0.983. The summed E-state index contributed by atoms with van der Waals surface area (Å²) in [6.07, 6.45) is 3.09. The van der Waals surface area contributed by atoms with Gasteiger partial charge in [0.25, 0.3) is 0 Å². The molecule has 4 amide bonds. The van der Waals surface area contributed by atoms with Gasteiger partial charge in [-0.2, -0.15) is 0 Å². The van der Waals surface area contributed by atoms with Gasteiger partial charge in [-0.3, -0.25) is 20.2 Å². The van der Waals surface area contributed by atoms with E-state index in [1.54, 1.807) is 0 Å². The van der Waals surface area contributed by atoms with E-state index in [0.717, 1.165) is 19.3 Å². The quantitative estimate of drug-likeness (QED) is 0.500. The standard InChI is InChI=1S/C10H14N2O3.Na/c1-2-6-4-3-5-10(6)7(13)11-9(15)12-8(10)14;/h6H,2-5H2,1H3,(H2,11,12,13,14,15);. The monoisotopic (exact) mass is 233 g/mol. The maximum Gasteiger partial charge on any atom is 0.328 e. The number of carbonyl (C=O) groups excluding carboxylic acids is 3. The second-order valence-corrected chi connectivity index (χ2v) is 4.21. The van der Waals surface area contributed by atoms with Crippen LogP contribution in [0.15, 0.2) is 0 Å². The van der Waals surface area contributed by atoms with Gasteiger partial charge in [-0.25, -0.2) is 4.79 Å². The molecule has 5 nitrogen and oxygen atoms in total. The topological polar surface area (TPSA) is 75.3 Å². The molecule has 1 atom stereocenters. The first-order valence-electron chi connectivity index (χ1n) is 5.28. The van der Waals surface area contributed by atoms with E-state index < -0.39 is 23.3 Å². The number of barbiturate groups is 1. The van der Waals surface area contributed by atoms with Crippen LogP contribution in [0.1, 0.15) is 32.6 Å². The molecular formula is C10H14N2NaO3. The van der Waals surface area contributed by atoms with Crippen LogP contribution >= 0.6 is 0 Å². The van der Waals surface area contributed by atoms with Crippen LogP contribution in [-0.2, 0) is 9.59 Å². The Balaban J connectivity index is 0.00000128. The van der Waals surface area contributed by atoms with E-state index in [1.165, 1.54) is 0 Å². The summed E-state index contributed by atoms with van der Waals surface area (Å²) in [6.45, 7) is 1.97. The van der Waals surface area contributed by atoms with Gasteiger partial charge in [-0.15, -0.1) is 0 Å². The first-order valence-corrected chi connectivity index (χ1v) is 5.28. The van der Waals surface area contributed by atoms with Gasteiger partial charge < -0.3 is 0 Å². The average Bonchev–Trinajstić information content (AvgIpc) is 2.59. The van der Waals surface area contributed by atoms with Crippen LogP contribution in [0.25, 0.3) is 0 Å². The number of imide groups is 2. The molecule has 6 heteroatoms. The van der Waals surface area contributed by atoms with Gasteiger partial charge in [0, 0.05) is 29.6 Å².